The van der Waals surface area contributed by atoms with Gasteiger partial charge in [0.15, 0.2) is 0 Å². The molecule has 2 heteroatoms. The van der Waals surface area contributed by atoms with Crippen LogP contribution in [0.25, 0.3) is 0 Å². The van der Waals surface area contributed by atoms with Crippen LogP contribution in [0, 0.1) is 0 Å². The second-order valence-electron chi connectivity index (χ2n) is 2.47. The summed E-state index contributed by atoms with van der Waals surface area (Å²) < 4.78 is 10.2. The van der Waals surface area contributed by atoms with Crippen molar-refractivity contribution < 1.29 is 9.47 Å². The summed E-state index contributed by atoms with van der Waals surface area (Å²) in [6, 6.07) is 0. The van der Waals surface area contributed by atoms with Gasteiger partial charge in [0.25, 0.3) is 0 Å². The predicted molar refractivity (Wildman–Crippen MR) is 28.7 cm³/mol. The Labute approximate surface area is 48.8 Å². The minimum Gasteiger partial charge on any atom is -0.378 e. The molecule has 2 saturated heterocycles. The van der Waals surface area contributed by atoms with Crippen molar-refractivity contribution in [1.29, 1.82) is 0 Å². The summed E-state index contributed by atoms with van der Waals surface area (Å²) in [7, 11) is 0. The topological polar surface area (TPSA) is 21.8 Å². The summed E-state index contributed by atoms with van der Waals surface area (Å²) in [6.45, 7) is 1.94. The molecular formula is C6H10O2. The second-order valence-corrected chi connectivity index (χ2v) is 2.47. The van der Waals surface area contributed by atoms with Gasteiger partial charge in [0.1, 0.15) is 0 Å². The maximum absolute atomic E-state index is 5.20. The zero-order valence-electron chi connectivity index (χ0n) is 4.80. The number of hydrogen-bond donors (Lipinski definition) is 0. The van der Waals surface area contributed by atoms with E-state index in [1.165, 1.54) is 6.42 Å². The summed E-state index contributed by atoms with van der Waals surface area (Å²) in [5, 5.41) is 0. The Kier molecular flexibility index (Phi) is 1.02. The number of epoxide rings is 1. The number of hydrogen-bond acceptors (Lipinski definition) is 2. The predicted octanol–water partition coefficient (Wildman–Crippen LogP) is 0.564. The SMILES string of the molecule is C1CC(CC2CO2)O1. The standard InChI is InChI=1S/C6H10O2/c1-2-7-5(1)3-6-4-8-6/h5-6H,1-4H2. The van der Waals surface area contributed by atoms with E-state index in [1.807, 2.05) is 0 Å². The molecule has 0 aliphatic carbocycles. The summed E-state index contributed by atoms with van der Waals surface area (Å²) in [5.74, 6) is 0. The van der Waals surface area contributed by atoms with Crippen LogP contribution in [-0.2, 0) is 9.47 Å². The molecule has 2 nitrogen and oxygen atoms in total. The molecule has 0 amide bonds. The normalized spacial score (nSPS) is 43.5. The molecule has 2 fully saturated rings. The third-order valence-electron chi connectivity index (χ3n) is 1.72. The zero-order chi connectivity index (χ0) is 5.40. The molecule has 2 rings (SSSR count). The average Bonchev–Trinajstić information content (AvgIpc) is 2.36. The summed E-state index contributed by atoms with van der Waals surface area (Å²) in [6.07, 6.45) is 3.49. The van der Waals surface area contributed by atoms with Crippen LogP contribution in [0.5, 0.6) is 0 Å². The lowest BCUT2D eigenvalue weighted by Crippen LogP contribution is -2.27. The molecule has 2 atom stereocenters. The quantitative estimate of drug-likeness (QED) is 0.489. The molecule has 0 radical (unpaired) electrons. The number of rotatable bonds is 2. The zero-order valence-corrected chi connectivity index (χ0v) is 4.80. The molecule has 46 valence electrons. The van der Waals surface area contributed by atoms with Gasteiger partial charge in [-0.2, -0.15) is 0 Å². The van der Waals surface area contributed by atoms with E-state index in [9.17, 15) is 0 Å². The molecule has 0 saturated carbocycles. The first-order chi connectivity index (χ1) is 3.95. The third kappa shape index (κ3) is 0.858. The molecule has 0 bridgehead atoms. The molecule has 0 N–H and O–H groups in total. The fourth-order valence-corrected chi connectivity index (χ4v) is 0.968. The Morgan fingerprint density at radius 1 is 1.25 bits per heavy atom. The van der Waals surface area contributed by atoms with Gasteiger partial charge in [-0.05, 0) is 6.42 Å². The Bertz CT molecular complexity index is 84.5. The van der Waals surface area contributed by atoms with E-state index < -0.39 is 0 Å². The van der Waals surface area contributed by atoms with E-state index in [4.69, 9.17) is 9.47 Å². The highest BCUT2D eigenvalue weighted by molar-refractivity contribution is 4.77. The largest absolute Gasteiger partial charge is 0.378 e. The molecule has 2 heterocycles. The van der Waals surface area contributed by atoms with Gasteiger partial charge >= 0.3 is 0 Å². The van der Waals surface area contributed by atoms with E-state index in [2.05, 4.69) is 0 Å². The average molecular weight is 114 g/mol. The molecule has 2 unspecified atom stereocenters. The van der Waals surface area contributed by atoms with E-state index in [-0.39, 0.29) is 0 Å². The fourth-order valence-electron chi connectivity index (χ4n) is 0.968. The highest BCUT2D eigenvalue weighted by Crippen LogP contribution is 2.23. The number of ether oxygens (including phenoxy) is 2. The highest BCUT2D eigenvalue weighted by atomic mass is 16.6. The van der Waals surface area contributed by atoms with Crippen LogP contribution in [0.15, 0.2) is 0 Å². The third-order valence-corrected chi connectivity index (χ3v) is 1.72. The van der Waals surface area contributed by atoms with Gasteiger partial charge < -0.3 is 9.47 Å². The van der Waals surface area contributed by atoms with Crippen molar-refractivity contribution >= 4 is 0 Å². The summed E-state index contributed by atoms with van der Waals surface area (Å²) in [4.78, 5) is 0. The molecule has 0 aromatic heterocycles. The van der Waals surface area contributed by atoms with E-state index in [0.29, 0.717) is 12.2 Å². The smallest absolute Gasteiger partial charge is 0.0834 e. The van der Waals surface area contributed by atoms with Gasteiger partial charge in [-0.15, -0.1) is 0 Å². The van der Waals surface area contributed by atoms with Gasteiger partial charge in [-0.3, -0.25) is 0 Å². The van der Waals surface area contributed by atoms with Crippen molar-refractivity contribution in [3.05, 3.63) is 0 Å². The van der Waals surface area contributed by atoms with Gasteiger partial charge in [-0.1, -0.05) is 0 Å². The summed E-state index contributed by atoms with van der Waals surface area (Å²) >= 11 is 0. The monoisotopic (exact) mass is 114 g/mol. The maximum Gasteiger partial charge on any atom is 0.0834 e. The van der Waals surface area contributed by atoms with Crippen LogP contribution in [0.4, 0.5) is 0 Å². The van der Waals surface area contributed by atoms with Crippen molar-refractivity contribution in [2.24, 2.45) is 0 Å². The summed E-state index contributed by atoms with van der Waals surface area (Å²) in [5.41, 5.74) is 0. The van der Waals surface area contributed by atoms with Gasteiger partial charge in [0, 0.05) is 13.0 Å². The molecule has 2 aliphatic heterocycles. The van der Waals surface area contributed by atoms with E-state index in [0.717, 1.165) is 19.6 Å². The lowest BCUT2D eigenvalue weighted by atomic mass is 10.1. The fraction of sp³-hybridized carbons (Fsp3) is 1.00. The van der Waals surface area contributed by atoms with Crippen LogP contribution in [0.1, 0.15) is 12.8 Å². The lowest BCUT2D eigenvalue weighted by molar-refractivity contribution is -0.0576. The van der Waals surface area contributed by atoms with Crippen LogP contribution in [0.2, 0.25) is 0 Å². The van der Waals surface area contributed by atoms with Crippen LogP contribution in [0.3, 0.4) is 0 Å². The Morgan fingerprint density at radius 2 is 2.00 bits per heavy atom. The van der Waals surface area contributed by atoms with Gasteiger partial charge in [0.2, 0.25) is 0 Å². The van der Waals surface area contributed by atoms with Gasteiger partial charge in [-0.25, -0.2) is 0 Å². The van der Waals surface area contributed by atoms with Crippen molar-refractivity contribution in [1.82, 2.24) is 0 Å². The van der Waals surface area contributed by atoms with Crippen LogP contribution >= 0.6 is 0 Å². The minimum absolute atomic E-state index is 0.544. The van der Waals surface area contributed by atoms with Crippen LogP contribution in [-0.4, -0.2) is 25.4 Å². The molecule has 2 aliphatic rings. The van der Waals surface area contributed by atoms with Crippen molar-refractivity contribution in [3.63, 3.8) is 0 Å². The van der Waals surface area contributed by atoms with Crippen LogP contribution < -0.4 is 0 Å². The Balaban J connectivity index is 1.66. The van der Waals surface area contributed by atoms with Crippen molar-refractivity contribution in [2.75, 3.05) is 13.2 Å². The molecule has 8 heavy (non-hydrogen) atoms. The molecular weight excluding hydrogens is 104 g/mol. The molecule has 0 aromatic carbocycles. The Morgan fingerprint density at radius 3 is 2.38 bits per heavy atom. The first-order valence-electron chi connectivity index (χ1n) is 3.18. The van der Waals surface area contributed by atoms with E-state index >= 15 is 0 Å². The second kappa shape index (κ2) is 1.71. The highest BCUT2D eigenvalue weighted by Gasteiger charge is 2.29. The molecule has 0 aromatic rings. The van der Waals surface area contributed by atoms with E-state index in [1.54, 1.807) is 0 Å². The lowest BCUT2D eigenvalue weighted by Gasteiger charge is -2.25. The maximum atomic E-state index is 5.20. The molecule has 0 spiro atoms. The minimum atomic E-state index is 0.544. The van der Waals surface area contributed by atoms with Crippen molar-refractivity contribution in [2.45, 2.75) is 25.0 Å². The first kappa shape index (κ1) is 4.77. The van der Waals surface area contributed by atoms with Gasteiger partial charge in [0.05, 0.1) is 18.8 Å². The first-order valence-corrected chi connectivity index (χ1v) is 3.18. The Hall–Kier alpha value is -0.0800. The van der Waals surface area contributed by atoms with Crippen molar-refractivity contribution in [3.8, 4) is 0 Å².